The smallest absolute Gasteiger partial charge is 0.193 e. The minimum Gasteiger partial charge on any atom is -0.491 e. The Balaban J connectivity index is 1.75. The van der Waals surface area contributed by atoms with Gasteiger partial charge in [-0.1, -0.05) is 37.3 Å². The topological polar surface area (TPSA) is 59.6 Å². The van der Waals surface area contributed by atoms with Gasteiger partial charge in [-0.2, -0.15) is 0 Å². The number of para-hydroxylation sites is 1. The van der Waals surface area contributed by atoms with Crippen LogP contribution < -0.4 is 15.8 Å². The molecule has 1 heterocycles. The summed E-state index contributed by atoms with van der Waals surface area (Å²) in [5.74, 6) is 1.31. The molecule has 21 heavy (non-hydrogen) atoms. The highest BCUT2D eigenvalue weighted by atomic mass is 16.5. The van der Waals surface area contributed by atoms with Gasteiger partial charge in [0.1, 0.15) is 18.4 Å². The van der Waals surface area contributed by atoms with Gasteiger partial charge in [0.15, 0.2) is 5.96 Å². The van der Waals surface area contributed by atoms with E-state index in [4.69, 9.17) is 10.5 Å². The summed E-state index contributed by atoms with van der Waals surface area (Å²) in [4.78, 5) is 4.53. The van der Waals surface area contributed by atoms with Crippen molar-refractivity contribution in [2.75, 3.05) is 11.9 Å². The van der Waals surface area contributed by atoms with Crippen LogP contribution in [0, 0.1) is 0 Å². The Morgan fingerprint density at radius 1 is 1.29 bits per heavy atom. The van der Waals surface area contributed by atoms with Gasteiger partial charge in [-0.25, -0.2) is 4.99 Å². The third-order valence-corrected chi connectivity index (χ3v) is 3.58. The molecule has 0 bridgehead atoms. The van der Waals surface area contributed by atoms with Crippen LogP contribution in [-0.4, -0.2) is 12.6 Å². The van der Waals surface area contributed by atoms with Crippen molar-refractivity contribution < 1.29 is 4.74 Å². The summed E-state index contributed by atoms with van der Waals surface area (Å²) in [7, 11) is 0. The van der Waals surface area contributed by atoms with Gasteiger partial charge in [0.25, 0.3) is 0 Å². The lowest BCUT2D eigenvalue weighted by atomic mass is 10.1. The van der Waals surface area contributed by atoms with Gasteiger partial charge in [-0.15, -0.1) is 0 Å². The van der Waals surface area contributed by atoms with Crippen molar-refractivity contribution in [2.45, 2.75) is 19.4 Å². The standard InChI is InChI=1S/C17H19N3O/c1-2-12-6-5-7-13(10-12)19-17(18)20-15-11-21-16-9-4-3-8-14(15)16/h3-10,15H,2,11H2,1H3,(H3,18,19,20). The Morgan fingerprint density at radius 3 is 3.00 bits per heavy atom. The SMILES string of the molecule is CCc1cccc(NC(N)=NC2COc3ccccc32)c1. The maximum atomic E-state index is 6.02. The van der Waals surface area contributed by atoms with Gasteiger partial charge < -0.3 is 15.8 Å². The van der Waals surface area contributed by atoms with E-state index in [0.29, 0.717) is 12.6 Å². The van der Waals surface area contributed by atoms with Crippen molar-refractivity contribution in [3.05, 3.63) is 59.7 Å². The average Bonchev–Trinajstić information content (AvgIpc) is 2.91. The maximum absolute atomic E-state index is 6.02. The number of hydrogen-bond acceptors (Lipinski definition) is 2. The molecule has 0 amide bonds. The van der Waals surface area contributed by atoms with Gasteiger partial charge in [0.05, 0.1) is 0 Å². The summed E-state index contributed by atoms with van der Waals surface area (Å²) in [6.45, 7) is 2.67. The first kappa shape index (κ1) is 13.5. The number of aryl methyl sites for hydroxylation is 1. The van der Waals surface area contributed by atoms with E-state index in [1.807, 2.05) is 36.4 Å². The molecule has 4 nitrogen and oxygen atoms in total. The Bertz CT molecular complexity index is 667. The van der Waals surface area contributed by atoms with E-state index in [2.05, 4.69) is 29.4 Å². The summed E-state index contributed by atoms with van der Waals surface area (Å²) < 4.78 is 5.61. The van der Waals surface area contributed by atoms with Gasteiger partial charge in [0, 0.05) is 11.3 Å². The van der Waals surface area contributed by atoms with E-state index in [9.17, 15) is 0 Å². The van der Waals surface area contributed by atoms with Gasteiger partial charge in [-0.3, -0.25) is 0 Å². The fourth-order valence-corrected chi connectivity index (χ4v) is 2.47. The fourth-order valence-electron chi connectivity index (χ4n) is 2.47. The molecular weight excluding hydrogens is 262 g/mol. The number of nitrogens with two attached hydrogens (primary N) is 1. The Hall–Kier alpha value is -2.49. The van der Waals surface area contributed by atoms with Gasteiger partial charge in [0.2, 0.25) is 0 Å². The van der Waals surface area contributed by atoms with E-state index >= 15 is 0 Å². The van der Waals surface area contributed by atoms with Crippen LogP contribution in [0.5, 0.6) is 5.75 Å². The molecule has 0 spiro atoms. The van der Waals surface area contributed by atoms with Crippen LogP contribution in [0.15, 0.2) is 53.5 Å². The summed E-state index contributed by atoms with van der Waals surface area (Å²) in [5.41, 5.74) is 9.33. The molecule has 4 heteroatoms. The van der Waals surface area contributed by atoms with Crippen LogP contribution in [0.4, 0.5) is 5.69 Å². The van der Waals surface area contributed by atoms with Crippen molar-refractivity contribution in [1.82, 2.24) is 0 Å². The molecule has 0 saturated carbocycles. The molecule has 108 valence electrons. The molecule has 1 unspecified atom stereocenters. The van der Waals surface area contributed by atoms with Gasteiger partial charge in [-0.05, 0) is 30.2 Å². The predicted molar refractivity (Wildman–Crippen MR) is 85.7 cm³/mol. The third-order valence-electron chi connectivity index (χ3n) is 3.58. The first-order valence-electron chi connectivity index (χ1n) is 7.17. The van der Waals surface area contributed by atoms with Crippen LogP contribution >= 0.6 is 0 Å². The van der Waals surface area contributed by atoms with Crippen LogP contribution in [0.2, 0.25) is 0 Å². The minimum absolute atomic E-state index is 0.0388. The van der Waals surface area contributed by atoms with E-state index in [1.54, 1.807) is 0 Å². The second-order valence-corrected chi connectivity index (χ2v) is 5.06. The lowest BCUT2D eigenvalue weighted by Gasteiger charge is -2.09. The van der Waals surface area contributed by atoms with Crippen LogP contribution in [0.3, 0.4) is 0 Å². The number of anilines is 1. The van der Waals surface area contributed by atoms with Gasteiger partial charge >= 0.3 is 0 Å². The number of nitrogens with zero attached hydrogens (tertiary/aromatic N) is 1. The number of aliphatic imine (C=N–C) groups is 1. The highest BCUT2D eigenvalue weighted by Crippen LogP contribution is 2.34. The monoisotopic (exact) mass is 281 g/mol. The highest BCUT2D eigenvalue weighted by Gasteiger charge is 2.23. The van der Waals surface area contributed by atoms with Crippen molar-refractivity contribution in [3.8, 4) is 5.75 Å². The number of ether oxygens (including phenoxy) is 1. The van der Waals surface area contributed by atoms with Crippen LogP contribution in [0.1, 0.15) is 24.1 Å². The molecule has 1 aliphatic heterocycles. The molecule has 0 aliphatic carbocycles. The summed E-state index contributed by atoms with van der Waals surface area (Å²) in [6, 6.07) is 16.1. The largest absolute Gasteiger partial charge is 0.491 e. The number of benzene rings is 2. The third kappa shape index (κ3) is 2.99. The highest BCUT2D eigenvalue weighted by molar-refractivity contribution is 5.92. The summed E-state index contributed by atoms with van der Waals surface area (Å²) >= 11 is 0. The first-order chi connectivity index (χ1) is 10.3. The van der Waals surface area contributed by atoms with Crippen LogP contribution in [0.25, 0.3) is 0 Å². The molecule has 3 N–H and O–H groups in total. The molecule has 1 aliphatic rings. The maximum Gasteiger partial charge on any atom is 0.193 e. The summed E-state index contributed by atoms with van der Waals surface area (Å²) in [5, 5.41) is 3.15. The summed E-state index contributed by atoms with van der Waals surface area (Å²) in [6.07, 6.45) is 0.996. The molecule has 1 atom stereocenters. The second-order valence-electron chi connectivity index (χ2n) is 5.06. The lowest BCUT2D eigenvalue weighted by Crippen LogP contribution is -2.23. The average molecular weight is 281 g/mol. The zero-order valence-corrected chi connectivity index (χ0v) is 12.0. The van der Waals surface area contributed by atoms with Crippen molar-refractivity contribution in [2.24, 2.45) is 10.7 Å². The van der Waals surface area contributed by atoms with E-state index in [1.165, 1.54) is 5.56 Å². The number of fused-ring (bicyclic) bond motifs is 1. The molecule has 0 aromatic heterocycles. The molecule has 0 fully saturated rings. The predicted octanol–water partition coefficient (Wildman–Crippen LogP) is 3.11. The molecule has 0 saturated heterocycles. The van der Waals surface area contributed by atoms with Crippen molar-refractivity contribution in [3.63, 3.8) is 0 Å². The number of nitrogens with one attached hydrogen (secondary N) is 1. The van der Waals surface area contributed by atoms with E-state index < -0.39 is 0 Å². The quantitative estimate of drug-likeness (QED) is 0.671. The van der Waals surface area contributed by atoms with Crippen molar-refractivity contribution in [1.29, 1.82) is 0 Å². The zero-order valence-electron chi connectivity index (χ0n) is 12.0. The minimum atomic E-state index is -0.0388. The molecule has 3 rings (SSSR count). The molecular formula is C17H19N3O. The normalized spacial score (nSPS) is 17.2. The molecule has 2 aromatic carbocycles. The lowest BCUT2D eigenvalue weighted by molar-refractivity contribution is 0.334. The van der Waals surface area contributed by atoms with Crippen LogP contribution in [-0.2, 0) is 6.42 Å². The second kappa shape index (κ2) is 5.87. The first-order valence-corrected chi connectivity index (χ1v) is 7.17. The molecule has 0 radical (unpaired) electrons. The Kier molecular flexibility index (Phi) is 3.77. The molecule has 2 aromatic rings. The Labute approximate surface area is 124 Å². The number of rotatable bonds is 3. The van der Waals surface area contributed by atoms with E-state index in [-0.39, 0.29) is 6.04 Å². The Morgan fingerprint density at radius 2 is 2.14 bits per heavy atom. The van der Waals surface area contributed by atoms with E-state index in [0.717, 1.165) is 23.4 Å². The van der Waals surface area contributed by atoms with Crippen molar-refractivity contribution >= 4 is 11.6 Å². The zero-order chi connectivity index (χ0) is 14.7. The fraction of sp³-hybridized carbons (Fsp3) is 0.235. The number of guanidine groups is 1. The number of hydrogen-bond donors (Lipinski definition) is 2.